The molecule has 3 heterocycles. The first kappa shape index (κ1) is 20.6. The van der Waals surface area contributed by atoms with Crippen LogP contribution in [0, 0.1) is 13.8 Å². The minimum atomic E-state index is -0.196. The SMILES string of the molecule is COc1cc2c(cc1-c1c(C)noc1C)cc(NCCO)c(=O)n2Cc1ccccn1. The largest absolute Gasteiger partial charge is 0.496 e. The van der Waals surface area contributed by atoms with Crippen LogP contribution in [0.1, 0.15) is 17.1 Å². The second-order valence-electron chi connectivity index (χ2n) is 7.23. The maximum absolute atomic E-state index is 13.2. The van der Waals surface area contributed by atoms with Gasteiger partial charge in [0.25, 0.3) is 5.56 Å². The summed E-state index contributed by atoms with van der Waals surface area (Å²) in [6.45, 7) is 4.24. The molecule has 4 aromatic rings. The number of nitrogens with one attached hydrogen (secondary N) is 1. The first-order chi connectivity index (χ1) is 15.0. The number of rotatable bonds is 7. The molecule has 0 atom stereocenters. The van der Waals surface area contributed by atoms with Crippen LogP contribution in [0.2, 0.25) is 0 Å². The summed E-state index contributed by atoms with van der Waals surface area (Å²) in [4.78, 5) is 17.6. The summed E-state index contributed by atoms with van der Waals surface area (Å²) in [7, 11) is 1.60. The smallest absolute Gasteiger partial charge is 0.274 e. The molecular formula is C23H24N4O4. The predicted molar refractivity (Wildman–Crippen MR) is 119 cm³/mol. The fourth-order valence-electron chi connectivity index (χ4n) is 3.77. The highest BCUT2D eigenvalue weighted by Gasteiger charge is 2.19. The zero-order valence-electron chi connectivity index (χ0n) is 17.7. The Hall–Kier alpha value is -3.65. The van der Waals surface area contributed by atoms with Crippen LogP contribution in [-0.2, 0) is 6.54 Å². The van der Waals surface area contributed by atoms with Gasteiger partial charge >= 0.3 is 0 Å². The Morgan fingerprint density at radius 2 is 2.06 bits per heavy atom. The summed E-state index contributed by atoms with van der Waals surface area (Å²) in [6, 6.07) is 11.2. The number of nitrogens with zero attached hydrogens (tertiary/aromatic N) is 3. The van der Waals surface area contributed by atoms with Gasteiger partial charge in [0.2, 0.25) is 0 Å². The van der Waals surface area contributed by atoms with E-state index in [1.165, 1.54) is 0 Å². The maximum atomic E-state index is 13.2. The molecule has 2 N–H and O–H groups in total. The molecule has 1 aromatic carbocycles. The van der Waals surface area contributed by atoms with Gasteiger partial charge in [-0.05, 0) is 38.1 Å². The lowest BCUT2D eigenvalue weighted by atomic mass is 10.00. The van der Waals surface area contributed by atoms with E-state index in [9.17, 15) is 9.90 Å². The van der Waals surface area contributed by atoms with Crippen molar-refractivity contribution in [2.45, 2.75) is 20.4 Å². The van der Waals surface area contributed by atoms with Crippen molar-refractivity contribution in [3.63, 3.8) is 0 Å². The van der Waals surface area contributed by atoms with Gasteiger partial charge in [0, 0.05) is 29.8 Å². The lowest BCUT2D eigenvalue weighted by molar-refractivity contribution is 0.311. The average molecular weight is 420 g/mol. The van der Waals surface area contributed by atoms with E-state index >= 15 is 0 Å². The minimum absolute atomic E-state index is 0.0787. The monoisotopic (exact) mass is 420 g/mol. The van der Waals surface area contributed by atoms with Gasteiger partial charge in [0.1, 0.15) is 17.2 Å². The molecule has 0 aliphatic heterocycles. The highest BCUT2D eigenvalue weighted by molar-refractivity contribution is 5.91. The van der Waals surface area contributed by atoms with Crippen LogP contribution in [0.3, 0.4) is 0 Å². The van der Waals surface area contributed by atoms with Gasteiger partial charge < -0.3 is 24.3 Å². The van der Waals surface area contributed by atoms with Crippen molar-refractivity contribution in [1.82, 2.24) is 14.7 Å². The zero-order valence-corrected chi connectivity index (χ0v) is 17.7. The molecule has 0 radical (unpaired) electrons. The average Bonchev–Trinajstić information content (AvgIpc) is 3.12. The van der Waals surface area contributed by atoms with Crippen LogP contribution in [0.5, 0.6) is 5.75 Å². The van der Waals surface area contributed by atoms with E-state index in [0.29, 0.717) is 23.7 Å². The molecule has 3 aromatic heterocycles. The molecule has 4 rings (SSSR count). The van der Waals surface area contributed by atoms with E-state index in [1.807, 2.05) is 44.2 Å². The molecule has 0 aliphatic rings. The molecule has 0 saturated carbocycles. The van der Waals surface area contributed by atoms with Crippen LogP contribution in [0.15, 0.2) is 51.9 Å². The maximum Gasteiger partial charge on any atom is 0.274 e. The van der Waals surface area contributed by atoms with Gasteiger partial charge in [-0.3, -0.25) is 9.78 Å². The van der Waals surface area contributed by atoms with Crippen LogP contribution < -0.4 is 15.6 Å². The lowest BCUT2D eigenvalue weighted by Crippen LogP contribution is -2.25. The van der Waals surface area contributed by atoms with Crippen molar-refractivity contribution < 1.29 is 14.4 Å². The molecule has 0 aliphatic carbocycles. The summed E-state index contributed by atoms with van der Waals surface area (Å²) >= 11 is 0. The van der Waals surface area contributed by atoms with E-state index < -0.39 is 0 Å². The zero-order chi connectivity index (χ0) is 22.0. The molecule has 0 saturated heterocycles. The van der Waals surface area contributed by atoms with Crippen LogP contribution in [0.25, 0.3) is 22.0 Å². The topological polar surface area (TPSA) is 102 Å². The Morgan fingerprint density at radius 1 is 1.23 bits per heavy atom. The summed E-state index contributed by atoms with van der Waals surface area (Å²) in [6.07, 6.45) is 1.70. The number of aliphatic hydroxyl groups is 1. The minimum Gasteiger partial charge on any atom is -0.496 e. The number of hydrogen-bond donors (Lipinski definition) is 2. The van der Waals surface area contributed by atoms with Crippen molar-refractivity contribution in [2.75, 3.05) is 25.6 Å². The molecule has 0 unspecified atom stereocenters. The first-order valence-corrected chi connectivity index (χ1v) is 9.97. The highest BCUT2D eigenvalue weighted by Crippen LogP contribution is 2.37. The van der Waals surface area contributed by atoms with Crippen molar-refractivity contribution in [2.24, 2.45) is 0 Å². The fourth-order valence-corrected chi connectivity index (χ4v) is 3.77. The summed E-state index contributed by atoms with van der Waals surface area (Å²) in [5, 5.41) is 17.1. The van der Waals surface area contributed by atoms with E-state index in [4.69, 9.17) is 9.26 Å². The molecule has 8 heteroatoms. The number of aryl methyl sites for hydroxylation is 2. The van der Waals surface area contributed by atoms with Gasteiger partial charge in [0.15, 0.2) is 0 Å². The molecule has 31 heavy (non-hydrogen) atoms. The molecular weight excluding hydrogens is 396 g/mol. The van der Waals surface area contributed by atoms with Gasteiger partial charge in [-0.25, -0.2) is 0 Å². The number of methoxy groups -OCH3 is 1. The van der Waals surface area contributed by atoms with Crippen molar-refractivity contribution in [1.29, 1.82) is 0 Å². The van der Waals surface area contributed by atoms with Gasteiger partial charge in [-0.2, -0.15) is 0 Å². The van der Waals surface area contributed by atoms with Gasteiger partial charge in [-0.1, -0.05) is 11.2 Å². The predicted octanol–water partition coefficient (Wildman–Crippen LogP) is 3.13. The number of ether oxygens (including phenoxy) is 1. The Balaban J connectivity index is 1.98. The number of benzene rings is 1. The Kier molecular flexibility index (Phi) is 5.73. The van der Waals surface area contributed by atoms with E-state index in [0.717, 1.165) is 33.4 Å². The van der Waals surface area contributed by atoms with Gasteiger partial charge in [0.05, 0.1) is 42.7 Å². The number of aliphatic hydroxyl groups excluding tert-OH is 1. The summed E-state index contributed by atoms with van der Waals surface area (Å²) in [5.74, 6) is 1.31. The Bertz CT molecular complexity index is 1260. The van der Waals surface area contributed by atoms with E-state index in [-0.39, 0.29) is 18.7 Å². The lowest BCUT2D eigenvalue weighted by Gasteiger charge is -2.17. The standard InChI is InChI=1S/C23H24N4O4/c1-14-22(15(2)31-26-14)18-10-16-11-19(25-8-9-28)23(29)27(20(16)12-21(18)30-3)13-17-6-4-5-7-24-17/h4-7,10-12,25,28H,8-9,13H2,1-3H3. The van der Waals surface area contributed by atoms with E-state index in [2.05, 4.69) is 15.5 Å². The molecule has 0 fully saturated rings. The quantitative estimate of drug-likeness (QED) is 0.473. The van der Waals surface area contributed by atoms with Gasteiger partial charge in [-0.15, -0.1) is 0 Å². The third kappa shape index (κ3) is 3.89. The fraction of sp³-hybridized carbons (Fsp3) is 0.261. The number of aromatic nitrogens is 3. The molecule has 0 spiro atoms. The number of hydrogen-bond acceptors (Lipinski definition) is 7. The Labute approximate surface area is 179 Å². The number of fused-ring (bicyclic) bond motifs is 1. The third-order valence-electron chi connectivity index (χ3n) is 5.19. The van der Waals surface area contributed by atoms with Crippen molar-refractivity contribution in [3.8, 4) is 16.9 Å². The Morgan fingerprint density at radius 3 is 2.71 bits per heavy atom. The van der Waals surface area contributed by atoms with Crippen molar-refractivity contribution in [3.05, 3.63) is 70.1 Å². The molecule has 0 amide bonds. The van der Waals surface area contributed by atoms with Crippen LogP contribution in [0.4, 0.5) is 5.69 Å². The first-order valence-electron chi connectivity index (χ1n) is 9.97. The second kappa shape index (κ2) is 8.61. The second-order valence-corrected chi connectivity index (χ2v) is 7.23. The summed E-state index contributed by atoms with van der Waals surface area (Å²) < 4.78 is 12.7. The third-order valence-corrected chi connectivity index (χ3v) is 5.19. The highest BCUT2D eigenvalue weighted by atomic mass is 16.5. The molecule has 0 bridgehead atoms. The van der Waals surface area contributed by atoms with Crippen LogP contribution in [-0.4, -0.2) is 40.1 Å². The van der Waals surface area contributed by atoms with Crippen molar-refractivity contribution >= 4 is 16.6 Å². The van der Waals surface area contributed by atoms with Crippen LogP contribution >= 0.6 is 0 Å². The van der Waals surface area contributed by atoms with E-state index in [1.54, 1.807) is 23.9 Å². The number of anilines is 1. The normalized spacial score (nSPS) is 11.1. The molecule has 160 valence electrons. The summed E-state index contributed by atoms with van der Waals surface area (Å²) in [5.41, 5.74) is 4.16. The number of pyridine rings is 2. The molecule has 8 nitrogen and oxygen atoms in total.